The van der Waals surface area contributed by atoms with Crippen molar-refractivity contribution >= 4 is 15.9 Å². The Kier molecular flexibility index (Phi) is 4.68. The summed E-state index contributed by atoms with van der Waals surface area (Å²) in [5.74, 6) is -0.673. The van der Waals surface area contributed by atoms with Gasteiger partial charge in [0.2, 0.25) is 10.0 Å². The van der Waals surface area contributed by atoms with E-state index in [0.29, 0.717) is 12.8 Å². The van der Waals surface area contributed by atoms with Crippen molar-refractivity contribution in [1.82, 2.24) is 9.62 Å². The van der Waals surface area contributed by atoms with Gasteiger partial charge in [0.15, 0.2) is 5.76 Å². The summed E-state index contributed by atoms with van der Waals surface area (Å²) in [6.07, 6.45) is 2.39. The molecule has 24 heavy (non-hydrogen) atoms. The van der Waals surface area contributed by atoms with E-state index in [1.165, 1.54) is 28.8 Å². The van der Waals surface area contributed by atoms with E-state index in [1.807, 2.05) is 0 Å². The fraction of sp³-hybridized carbons (Fsp3) is 0.312. The number of halogens is 1. The maximum absolute atomic E-state index is 13.3. The van der Waals surface area contributed by atoms with Crippen LogP contribution in [0.2, 0.25) is 0 Å². The fourth-order valence-electron chi connectivity index (χ4n) is 2.68. The molecule has 1 saturated heterocycles. The molecule has 1 N–H and O–H groups in total. The molecule has 0 radical (unpaired) electrons. The van der Waals surface area contributed by atoms with E-state index in [2.05, 4.69) is 5.32 Å². The molecule has 0 bridgehead atoms. The van der Waals surface area contributed by atoms with Crippen LogP contribution in [-0.4, -0.2) is 37.8 Å². The zero-order valence-electron chi connectivity index (χ0n) is 12.8. The molecule has 1 aromatic heterocycles. The first kappa shape index (κ1) is 16.7. The summed E-state index contributed by atoms with van der Waals surface area (Å²) in [7, 11) is -3.72. The molecule has 1 aliphatic heterocycles. The molecule has 0 spiro atoms. The van der Waals surface area contributed by atoms with Gasteiger partial charge in [0.05, 0.1) is 11.2 Å². The summed E-state index contributed by atoms with van der Waals surface area (Å²) in [6.45, 7) is 0.532. The molecule has 0 saturated carbocycles. The monoisotopic (exact) mass is 352 g/mol. The van der Waals surface area contributed by atoms with Crippen molar-refractivity contribution in [1.29, 1.82) is 0 Å². The number of hydrogen-bond acceptors (Lipinski definition) is 4. The molecule has 0 atom stereocenters. The average Bonchev–Trinajstić information content (AvgIpc) is 3.10. The minimum absolute atomic E-state index is 0.0550. The van der Waals surface area contributed by atoms with Gasteiger partial charge in [0.25, 0.3) is 5.91 Å². The molecule has 0 unspecified atom stereocenters. The smallest absolute Gasteiger partial charge is 0.287 e. The normalized spacial score (nSPS) is 16.9. The quantitative estimate of drug-likeness (QED) is 0.913. The van der Waals surface area contributed by atoms with E-state index in [9.17, 15) is 17.6 Å². The van der Waals surface area contributed by atoms with Crippen molar-refractivity contribution in [3.63, 3.8) is 0 Å². The lowest BCUT2D eigenvalue weighted by Gasteiger charge is -2.31. The topological polar surface area (TPSA) is 79.6 Å². The van der Waals surface area contributed by atoms with Crippen molar-refractivity contribution in [2.24, 2.45) is 0 Å². The Morgan fingerprint density at radius 3 is 2.58 bits per heavy atom. The van der Waals surface area contributed by atoms with Gasteiger partial charge in [0, 0.05) is 19.1 Å². The van der Waals surface area contributed by atoms with Crippen LogP contribution in [0.15, 0.2) is 52.0 Å². The predicted octanol–water partition coefficient (Wildman–Crippen LogP) is 2.00. The van der Waals surface area contributed by atoms with Crippen molar-refractivity contribution < 1.29 is 22.0 Å². The standard InChI is InChI=1S/C16H17FN2O4S/c17-12-3-1-4-14(11-12)24(21,22)19-8-6-13(7-9-19)18-16(20)15-5-2-10-23-15/h1-5,10-11,13H,6-9H2,(H,18,20). The Morgan fingerprint density at radius 2 is 1.96 bits per heavy atom. The lowest BCUT2D eigenvalue weighted by atomic mass is 10.1. The Bertz CT molecular complexity index is 812. The molecular formula is C16H17FN2O4S. The summed E-state index contributed by atoms with van der Waals surface area (Å²) in [5, 5.41) is 2.83. The van der Waals surface area contributed by atoms with Crippen LogP contribution in [0.3, 0.4) is 0 Å². The van der Waals surface area contributed by atoms with Crippen LogP contribution in [0.5, 0.6) is 0 Å². The molecule has 8 heteroatoms. The number of nitrogens with zero attached hydrogens (tertiary/aromatic N) is 1. The van der Waals surface area contributed by atoms with Crippen LogP contribution in [0.1, 0.15) is 23.4 Å². The molecule has 1 amide bonds. The largest absolute Gasteiger partial charge is 0.459 e. The Balaban J connectivity index is 1.61. The molecule has 3 rings (SSSR count). The minimum atomic E-state index is -3.72. The van der Waals surface area contributed by atoms with Crippen LogP contribution < -0.4 is 5.32 Å². The van der Waals surface area contributed by atoms with Crippen molar-refractivity contribution in [3.8, 4) is 0 Å². The number of piperidine rings is 1. The van der Waals surface area contributed by atoms with E-state index in [0.717, 1.165) is 6.07 Å². The summed E-state index contributed by atoms with van der Waals surface area (Å²) in [4.78, 5) is 11.9. The summed E-state index contributed by atoms with van der Waals surface area (Å²) >= 11 is 0. The number of carbonyl (C=O) groups is 1. The fourth-order valence-corrected chi connectivity index (χ4v) is 4.18. The van der Waals surface area contributed by atoms with E-state index >= 15 is 0 Å². The van der Waals surface area contributed by atoms with Crippen molar-refractivity contribution in [2.45, 2.75) is 23.8 Å². The number of furan rings is 1. The molecule has 2 heterocycles. The van der Waals surface area contributed by atoms with Crippen LogP contribution in [0.4, 0.5) is 4.39 Å². The van der Waals surface area contributed by atoms with Gasteiger partial charge in [-0.1, -0.05) is 6.07 Å². The van der Waals surface area contributed by atoms with Gasteiger partial charge in [-0.2, -0.15) is 4.31 Å². The SMILES string of the molecule is O=C(NC1CCN(S(=O)(=O)c2cccc(F)c2)CC1)c1ccco1. The van der Waals surface area contributed by atoms with Crippen LogP contribution in [0, 0.1) is 5.82 Å². The third-order valence-corrected chi connectivity index (χ3v) is 5.86. The van der Waals surface area contributed by atoms with Crippen LogP contribution in [-0.2, 0) is 10.0 Å². The van der Waals surface area contributed by atoms with Gasteiger partial charge >= 0.3 is 0 Å². The third-order valence-electron chi connectivity index (χ3n) is 3.97. The van der Waals surface area contributed by atoms with Crippen molar-refractivity contribution in [2.75, 3.05) is 13.1 Å². The molecule has 6 nitrogen and oxygen atoms in total. The predicted molar refractivity (Wildman–Crippen MR) is 84.4 cm³/mol. The molecule has 0 aliphatic carbocycles. The first-order chi connectivity index (χ1) is 11.5. The summed E-state index contributed by atoms with van der Waals surface area (Å²) in [5.41, 5.74) is 0. The molecule has 1 fully saturated rings. The Hall–Kier alpha value is -2.19. The van der Waals surface area contributed by atoms with Gasteiger partial charge in [0.1, 0.15) is 5.82 Å². The lowest BCUT2D eigenvalue weighted by molar-refractivity contribution is 0.0895. The second-order valence-electron chi connectivity index (χ2n) is 5.59. The zero-order chi connectivity index (χ0) is 17.2. The lowest BCUT2D eigenvalue weighted by Crippen LogP contribution is -2.46. The van der Waals surface area contributed by atoms with E-state index in [-0.39, 0.29) is 35.7 Å². The second-order valence-corrected chi connectivity index (χ2v) is 7.52. The number of rotatable bonds is 4. The van der Waals surface area contributed by atoms with Crippen LogP contribution >= 0.6 is 0 Å². The number of amides is 1. The minimum Gasteiger partial charge on any atom is -0.459 e. The highest BCUT2D eigenvalue weighted by Gasteiger charge is 2.30. The van der Waals surface area contributed by atoms with Gasteiger partial charge < -0.3 is 9.73 Å². The summed E-state index contributed by atoms with van der Waals surface area (Å²) in [6, 6.07) is 8.04. The van der Waals surface area contributed by atoms with Crippen molar-refractivity contribution in [3.05, 3.63) is 54.2 Å². The Labute approximate surface area is 139 Å². The molecule has 1 aromatic carbocycles. The third kappa shape index (κ3) is 3.49. The number of nitrogens with one attached hydrogen (secondary N) is 1. The zero-order valence-corrected chi connectivity index (χ0v) is 13.6. The number of hydrogen-bond donors (Lipinski definition) is 1. The maximum atomic E-state index is 13.3. The average molecular weight is 352 g/mol. The first-order valence-corrected chi connectivity index (χ1v) is 9.01. The number of sulfonamides is 1. The molecule has 2 aromatic rings. The van der Waals surface area contributed by atoms with E-state index in [1.54, 1.807) is 12.1 Å². The highest BCUT2D eigenvalue weighted by atomic mass is 32.2. The first-order valence-electron chi connectivity index (χ1n) is 7.57. The van der Waals surface area contributed by atoms with Crippen LogP contribution in [0.25, 0.3) is 0 Å². The number of carbonyl (C=O) groups excluding carboxylic acids is 1. The molecular weight excluding hydrogens is 335 g/mol. The number of benzene rings is 1. The second kappa shape index (κ2) is 6.74. The van der Waals surface area contributed by atoms with Gasteiger partial charge in [-0.05, 0) is 43.2 Å². The van der Waals surface area contributed by atoms with Gasteiger partial charge in [-0.3, -0.25) is 4.79 Å². The highest BCUT2D eigenvalue weighted by Crippen LogP contribution is 2.21. The van der Waals surface area contributed by atoms with E-state index < -0.39 is 15.8 Å². The molecule has 128 valence electrons. The maximum Gasteiger partial charge on any atom is 0.287 e. The van der Waals surface area contributed by atoms with Gasteiger partial charge in [-0.25, -0.2) is 12.8 Å². The van der Waals surface area contributed by atoms with Gasteiger partial charge in [-0.15, -0.1) is 0 Å². The summed E-state index contributed by atoms with van der Waals surface area (Å²) < 4.78 is 44.6. The molecule has 1 aliphatic rings. The Morgan fingerprint density at radius 1 is 1.21 bits per heavy atom. The highest BCUT2D eigenvalue weighted by molar-refractivity contribution is 7.89. The van der Waals surface area contributed by atoms with E-state index in [4.69, 9.17) is 4.42 Å².